The van der Waals surface area contributed by atoms with Gasteiger partial charge >= 0.3 is 5.97 Å². The zero-order chi connectivity index (χ0) is 16.4. The number of hydrogen-bond donors (Lipinski definition) is 2. The molecule has 0 amide bonds. The quantitative estimate of drug-likeness (QED) is 0.719. The van der Waals surface area contributed by atoms with Crippen LogP contribution in [-0.4, -0.2) is 16.1 Å². The van der Waals surface area contributed by atoms with Crippen LogP contribution < -0.4 is 5.32 Å². The highest BCUT2D eigenvalue weighted by atomic mass is 32.1. The van der Waals surface area contributed by atoms with Crippen molar-refractivity contribution in [2.75, 3.05) is 5.32 Å². The number of nitrogens with one attached hydrogen (secondary N) is 1. The third-order valence-electron chi connectivity index (χ3n) is 3.67. The minimum Gasteiger partial charge on any atom is -0.478 e. The molecule has 3 aromatic rings. The van der Waals surface area contributed by atoms with Crippen LogP contribution in [0.5, 0.6) is 0 Å². The van der Waals surface area contributed by atoms with Gasteiger partial charge in [0.2, 0.25) is 0 Å². The molecule has 0 saturated heterocycles. The van der Waals surface area contributed by atoms with Gasteiger partial charge in [-0.25, -0.2) is 9.78 Å². The monoisotopic (exact) mass is 324 g/mol. The zero-order valence-electron chi connectivity index (χ0n) is 12.8. The lowest BCUT2D eigenvalue weighted by Crippen LogP contribution is -1.97. The number of aromatic nitrogens is 1. The van der Waals surface area contributed by atoms with Crippen LogP contribution in [-0.2, 0) is 0 Å². The number of anilines is 2. The molecule has 0 aliphatic rings. The first-order valence-corrected chi connectivity index (χ1v) is 8.04. The lowest BCUT2D eigenvalue weighted by Gasteiger charge is -2.04. The summed E-state index contributed by atoms with van der Waals surface area (Å²) in [6, 6.07) is 13.0. The van der Waals surface area contributed by atoms with E-state index in [9.17, 15) is 4.79 Å². The third kappa shape index (κ3) is 3.40. The predicted octanol–water partition coefficient (Wildman–Crippen LogP) is 4.87. The first kappa shape index (κ1) is 15.2. The number of carbonyl (C=O) groups is 1. The Kier molecular flexibility index (Phi) is 4.12. The Labute approximate surface area is 138 Å². The van der Waals surface area contributed by atoms with Gasteiger partial charge in [-0.05, 0) is 49.2 Å². The van der Waals surface area contributed by atoms with Crippen molar-refractivity contribution in [1.82, 2.24) is 4.98 Å². The third-order valence-corrected chi connectivity index (χ3v) is 4.43. The van der Waals surface area contributed by atoms with Gasteiger partial charge < -0.3 is 10.4 Å². The molecule has 4 nitrogen and oxygen atoms in total. The lowest BCUT2D eigenvalue weighted by molar-refractivity contribution is 0.0697. The van der Waals surface area contributed by atoms with Gasteiger partial charge in [-0.2, -0.15) is 0 Å². The van der Waals surface area contributed by atoms with E-state index in [2.05, 4.69) is 42.3 Å². The Morgan fingerprint density at radius 2 is 1.96 bits per heavy atom. The van der Waals surface area contributed by atoms with E-state index in [4.69, 9.17) is 5.11 Å². The second-order valence-electron chi connectivity index (χ2n) is 5.35. The van der Waals surface area contributed by atoms with Crippen LogP contribution in [0, 0.1) is 13.8 Å². The highest BCUT2D eigenvalue weighted by Crippen LogP contribution is 2.28. The molecule has 0 unspecified atom stereocenters. The molecule has 0 saturated carbocycles. The minimum absolute atomic E-state index is 0.251. The second-order valence-corrected chi connectivity index (χ2v) is 6.21. The van der Waals surface area contributed by atoms with Gasteiger partial charge in [0.25, 0.3) is 0 Å². The van der Waals surface area contributed by atoms with Crippen molar-refractivity contribution in [2.24, 2.45) is 0 Å². The van der Waals surface area contributed by atoms with Crippen LogP contribution in [0.15, 0.2) is 47.8 Å². The van der Waals surface area contributed by atoms with Crippen molar-refractivity contribution in [3.63, 3.8) is 0 Å². The molecule has 0 spiro atoms. The molecule has 0 aliphatic heterocycles. The second kappa shape index (κ2) is 6.22. The van der Waals surface area contributed by atoms with Crippen molar-refractivity contribution in [2.45, 2.75) is 13.8 Å². The highest BCUT2D eigenvalue weighted by molar-refractivity contribution is 7.14. The summed E-state index contributed by atoms with van der Waals surface area (Å²) < 4.78 is 0. The Balaban J connectivity index is 1.83. The van der Waals surface area contributed by atoms with E-state index < -0.39 is 5.97 Å². The number of rotatable bonds is 4. The number of thiazole rings is 1. The summed E-state index contributed by atoms with van der Waals surface area (Å²) in [5.41, 5.74) is 5.45. The van der Waals surface area contributed by atoms with Crippen molar-refractivity contribution in [3.05, 3.63) is 64.5 Å². The maximum absolute atomic E-state index is 11.0. The molecule has 5 heteroatoms. The smallest absolute Gasteiger partial charge is 0.335 e. The molecule has 116 valence electrons. The van der Waals surface area contributed by atoms with Gasteiger partial charge in [-0.3, -0.25) is 0 Å². The van der Waals surface area contributed by atoms with E-state index in [1.165, 1.54) is 22.5 Å². The Hall–Kier alpha value is -2.66. The van der Waals surface area contributed by atoms with Gasteiger partial charge in [0.15, 0.2) is 5.13 Å². The standard InChI is InChI=1S/C18H16N2O2S/c1-11-6-7-13(8-12(11)2)16-10-23-18(20-16)19-15-5-3-4-14(9-15)17(21)22/h3-10H,1-2H3,(H,19,20)(H,21,22). The van der Waals surface area contributed by atoms with Gasteiger partial charge in [-0.15, -0.1) is 11.3 Å². The molecule has 0 radical (unpaired) electrons. The van der Waals surface area contributed by atoms with E-state index >= 15 is 0 Å². The summed E-state index contributed by atoms with van der Waals surface area (Å²) in [5.74, 6) is -0.941. The van der Waals surface area contributed by atoms with E-state index in [0.717, 1.165) is 16.4 Å². The topological polar surface area (TPSA) is 62.2 Å². The minimum atomic E-state index is -0.941. The number of aryl methyl sites for hydroxylation is 2. The zero-order valence-corrected chi connectivity index (χ0v) is 13.6. The number of hydrogen-bond acceptors (Lipinski definition) is 4. The molecule has 3 rings (SSSR count). The van der Waals surface area contributed by atoms with Crippen LogP contribution in [0.3, 0.4) is 0 Å². The van der Waals surface area contributed by atoms with Crippen molar-refractivity contribution in [3.8, 4) is 11.3 Å². The van der Waals surface area contributed by atoms with E-state index in [1.807, 2.05) is 11.4 Å². The largest absolute Gasteiger partial charge is 0.478 e. The molecule has 23 heavy (non-hydrogen) atoms. The molecular weight excluding hydrogens is 308 g/mol. The molecule has 1 aromatic heterocycles. The van der Waals surface area contributed by atoms with Crippen LogP contribution in [0.4, 0.5) is 10.8 Å². The maximum atomic E-state index is 11.0. The Bertz CT molecular complexity index is 871. The van der Waals surface area contributed by atoms with E-state index in [-0.39, 0.29) is 5.56 Å². The SMILES string of the molecule is Cc1ccc(-c2csc(Nc3cccc(C(=O)O)c3)n2)cc1C. The summed E-state index contributed by atoms with van der Waals surface area (Å²) in [7, 11) is 0. The van der Waals surface area contributed by atoms with Crippen LogP contribution in [0.25, 0.3) is 11.3 Å². The molecule has 0 fully saturated rings. The number of nitrogens with zero attached hydrogens (tertiary/aromatic N) is 1. The normalized spacial score (nSPS) is 10.5. The Morgan fingerprint density at radius 1 is 1.13 bits per heavy atom. The van der Waals surface area contributed by atoms with Gasteiger partial charge in [0, 0.05) is 16.6 Å². The molecule has 0 aliphatic carbocycles. The number of carboxylic acid groups (broad SMARTS) is 1. The van der Waals surface area contributed by atoms with Gasteiger partial charge in [0.05, 0.1) is 11.3 Å². The molecule has 2 N–H and O–H groups in total. The van der Waals surface area contributed by atoms with Crippen molar-refractivity contribution < 1.29 is 9.90 Å². The Morgan fingerprint density at radius 3 is 2.70 bits per heavy atom. The van der Waals surface area contributed by atoms with E-state index in [0.29, 0.717) is 5.69 Å². The number of carboxylic acids is 1. The summed E-state index contributed by atoms with van der Waals surface area (Å²) in [6.07, 6.45) is 0. The van der Waals surface area contributed by atoms with Gasteiger partial charge in [-0.1, -0.05) is 18.2 Å². The average Bonchev–Trinajstić information content (AvgIpc) is 2.99. The van der Waals surface area contributed by atoms with Crippen LogP contribution >= 0.6 is 11.3 Å². The first-order valence-electron chi connectivity index (χ1n) is 7.16. The average molecular weight is 324 g/mol. The molecule has 1 heterocycles. The summed E-state index contributed by atoms with van der Waals surface area (Å²) in [6.45, 7) is 4.17. The highest BCUT2D eigenvalue weighted by Gasteiger charge is 2.08. The number of benzene rings is 2. The molecule has 0 bridgehead atoms. The van der Waals surface area contributed by atoms with Gasteiger partial charge in [0.1, 0.15) is 0 Å². The summed E-state index contributed by atoms with van der Waals surface area (Å²) in [5, 5.41) is 14.9. The molecular formula is C18H16N2O2S. The maximum Gasteiger partial charge on any atom is 0.335 e. The van der Waals surface area contributed by atoms with Crippen molar-refractivity contribution >= 4 is 28.1 Å². The van der Waals surface area contributed by atoms with E-state index in [1.54, 1.807) is 18.2 Å². The van der Waals surface area contributed by atoms with Crippen molar-refractivity contribution in [1.29, 1.82) is 0 Å². The predicted molar refractivity (Wildman–Crippen MR) is 93.7 cm³/mol. The lowest BCUT2D eigenvalue weighted by atomic mass is 10.1. The van der Waals surface area contributed by atoms with Crippen LogP contribution in [0.2, 0.25) is 0 Å². The fraction of sp³-hybridized carbons (Fsp3) is 0.111. The number of aromatic carboxylic acids is 1. The molecule has 0 atom stereocenters. The summed E-state index contributed by atoms with van der Waals surface area (Å²) in [4.78, 5) is 15.6. The first-order chi connectivity index (χ1) is 11.0. The fourth-order valence-corrected chi connectivity index (χ4v) is 2.96. The van der Waals surface area contributed by atoms with Crippen LogP contribution in [0.1, 0.15) is 21.5 Å². The molecule has 2 aromatic carbocycles. The fourth-order valence-electron chi connectivity index (χ4n) is 2.22. The summed E-state index contributed by atoms with van der Waals surface area (Å²) >= 11 is 1.49.